The topological polar surface area (TPSA) is 75.0 Å². The van der Waals surface area contributed by atoms with Crippen molar-refractivity contribution in [3.63, 3.8) is 0 Å². The Morgan fingerprint density at radius 3 is 2.83 bits per heavy atom. The van der Waals surface area contributed by atoms with Crippen LogP contribution in [0.5, 0.6) is 5.75 Å². The van der Waals surface area contributed by atoms with E-state index in [1.165, 1.54) is 6.07 Å². The zero-order chi connectivity index (χ0) is 17.3. The summed E-state index contributed by atoms with van der Waals surface area (Å²) < 4.78 is 21.0. The summed E-state index contributed by atoms with van der Waals surface area (Å²) in [6.45, 7) is 3.71. The minimum Gasteiger partial charge on any atom is -0.467 e. The molecule has 7 heteroatoms. The molecule has 0 radical (unpaired) electrons. The van der Waals surface area contributed by atoms with Gasteiger partial charge in [0.25, 0.3) is 0 Å². The highest BCUT2D eigenvalue weighted by atomic mass is 35.5. The van der Waals surface area contributed by atoms with Crippen molar-refractivity contribution in [3.05, 3.63) is 61.7 Å². The van der Waals surface area contributed by atoms with Crippen molar-refractivity contribution in [2.45, 2.75) is 27.1 Å². The Morgan fingerprint density at radius 2 is 2.08 bits per heavy atom. The van der Waals surface area contributed by atoms with Crippen molar-refractivity contribution in [1.82, 2.24) is 0 Å². The van der Waals surface area contributed by atoms with E-state index in [1.807, 2.05) is 0 Å². The van der Waals surface area contributed by atoms with Crippen LogP contribution in [0, 0.1) is 13.8 Å². The lowest BCUT2D eigenvalue weighted by atomic mass is 10.1. The third-order valence-corrected chi connectivity index (χ3v) is 3.87. The van der Waals surface area contributed by atoms with Gasteiger partial charge >= 0.3 is 11.6 Å². The molecule has 0 fully saturated rings. The molecule has 126 valence electrons. The lowest BCUT2D eigenvalue weighted by Crippen LogP contribution is -2.15. The van der Waals surface area contributed by atoms with Crippen LogP contribution in [-0.2, 0) is 22.7 Å². The maximum absolute atomic E-state index is 12.3. The SMILES string of the molecule is Cc1cc(=O)oc(C)c1C(=O)OCc1cc(Cl)cc2c1OCOC2. The van der Waals surface area contributed by atoms with Gasteiger partial charge in [-0.25, -0.2) is 9.59 Å². The number of rotatable bonds is 3. The number of hydrogen-bond donors (Lipinski definition) is 0. The Hall–Kier alpha value is -2.31. The molecule has 1 aromatic heterocycles. The van der Waals surface area contributed by atoms with E-state index in [4.69, 9.17) is 30.2 Å². The van der Waals surface area contributed by atoms with Gasteiger partial charge in [0.15, 0.2) is 6.79 Å². The van der Waals surface area contributed by atoms with E-state index in [2.05, 4.69) is 0 Å². The minimum absolute atomic E-state index is 0.0142. The van der Waals surface area contributed by atoms with Gasteiger partial charge in [-0.15, -0.1) is 0 Å². The molecule has 0 spiro atoms. The second kappa shape index (κ2) is 6.67. The van der Waals surface area contributed by atoms with E-state index < -0.39 is 11.6 Å². The predicted molar refractivity (Wildman–Crippen MR) is 85.3 cm³/mol. The van der Waals surface area contributed by atoms with E-state index >= 15 is 0 Å². The standard InChI is InChI=1S/C17H15ClO6/c1-9-3-14(19)24-10(2)15(9)17(20)22-7-12-5-13(18)4-11-6-21-8-23-16(11)12/h3-5H,6-8H2,1-2H3. The van der Waals surface area contributed by atoms with Gasteiger partial charge < -0.3 is 18.6 Å². The quantitative estimate of drug-likeness (QED) is 0.792. The van der Waals surface area contributed by atoms with Crippen molar-refractivity contribution in [2.75, 3.05) is 6.79 Å². The van der Waals surface area contributed by atoms with Crippen LogP contribution in [-0.4, -0.2) is 12.8 Å². The van der Waals surface area contributed by atoms with Crippen LogP contribution in [0.3, 0.4) is 0 Å². The van der Waals surface area contributed by atoms with Crippen LogP contribution in [0.4, 0.5) is 0 Å². The van der Waals surface area contributed by atoms with Crippen LogP contribution >= 0.6 is 11.6 Å². The molecule has 1 aromatic carbocycles. The Labute approximate surface area is 142 Å². The van der Waals surface area contributed by atoms with E-state index in [0.717, 1.165) is 5.56 Å². The molecule has 2 aromatic rings. The largest absolute Gasteiger partial charge is 0.467 e. The fourth-order valence-corrected chi connectivity index (χ4v) is 2.91. The van der Waals surface area contributed by atoms with Gasteiger partial charge in [-0.2, -0.15) is 0 Å². The van der Waals surface area contributed by atoms with Crippen LogP contribution in [0.15, 0.2) is 27.4 Å². The van der Waals surface area contributed by atoms with Gasteiger partial charge in [0.1, 0.15) is 23.7 Å². The zero-order valence-corrected chi connectivity index (χ0v) is 13.9. The van der Waals surface area contributed by atoms with E-state index in [1.54, 1.807) is 26.0 Å². The molecular weight excluding hydrogens is 336 g/mol. The normalized spacial score (nSPS) is 13.1. The number of aryl methyl sites for hydroxylation is 2. The number of esters is 1. The van der Waals surface area contributed by atoms with Crippen LogP contribution < -0.4 is 10.4 Å². The zero-order valence-electron chi connectivity index (χ0n) is 13.2. The average molecular weight is 351 g/mol. The van der Waals surface area contributed by atoms with Crippen LogP contribution in [0.25, 0.3) is 0 Å². The highest BCUT2D eigenvalue weighted by Gasteiger charge is 2.20. The molecular formula is C17H15ClO6. The number of carbonyl (C=O) groups is 1. The molecule has 1 aliphatic rings. The Balaban J connectivity index is 1.83. The number of fused-ring (bicyclic) bond motifs is 1. The molecule has 0 aliphatic carbocycles. The molecule has 6 nitrogen and oxygen atoms in total. The third kappa shape index (κ3) is 3.29. The summed E-state index contributed by atoms with van der Waals surface area (Å²) >= 11 is 6.08. The Kier molecular flexibility index (Phi) is 4.59. The minimum atomic E-state index is -0.575. The Morgan fingerprint density at radius 1 is 1.29 bits per heavy atom. The summed E-state index contributed by atoms with van der Waals surface area (Å²) in [4.78, 5) is 23.6. The molecule has 0 saturated carbocycles. The number of benzene rings is 1. The molecule has 24 heavy (non-hydrogen) atoms. The Bertz CT molecular complexity index is 829. The summed E-state index contributed by atoms with van der Waals surface area (Å²) in [5, 5.41) is 0.506. The summed E-state index contributed by atoms with van der Waals surface area (Å²) in [6, 6.07) is 4.69. The van der Waals surface area contributed by atoms with Crippen molar-refractivity contribution < 1.29 is 23.4 Å². The number of ether oxygens (including phenoxy) is 3. The van der Waals surface area contributed by atoms with E-state index in [0.29, 0.717) is 28.5 Å². The maximum atomic E-state index is 12.3. The van der Waals surface area contributed by atoms with Gasteiger partial charge in [0.2, 0.25) is 0 Å². The first kappa shape index (κ1) is 16.5. The first-order chi connectivity index (χ1) is 11.5. The molecule has 1 aliphatic heterocycles. The summed E-state index contributed by atoms with van der Waals surface area (Å²) in [5.41, 5.74) is 1.71. The summed E-state index contributed by atoms with van der Waals surface area (Å²) in [5.74, 6) is 0.267. The van der Waals surface area contributed by atoms with Gasteiger partial charge in [0.05, 0.1) is 6.61 Å². The van der Waals surface area contributed by atoms with Crippen molar-refractivity contribution in [2.24, 2.45) is 0 Å². The summed E-state index contributed by atoms with van der Waals surface area (Å²) in [6.07, 6.45) is 0. The third-order valence-electron chi connectivity index (χ3n) is 3.65. The van der Waals surface area contributed by atoms with Gasteiger partial charge in [0, 0.05) is 22.2 Å². The molecule has 0 atom stereocenters. The first-order valence-corrected chi connectivity index (χ1v) is 7.64. The van der Waals surface area contributed by atoms with Crippen LogP contribution in [0.2, 0.25) is 5.02 Å². The van der Waals surface area contributed by atoms with Crippen molar-refractivity contribution in [3.8, 4) is 5.75 Å². The van der Waals surface area contributed by atoms with E-state index in [9.17, 15) is 9.59 Å². The second-order valence-corrected chi connectivity index (χ2v) is 5.86. The van der Waals surface area contributed by atoms with Crippen molar-refractivity contribution in [1.29, 1.82) is 0 Å². The summed E-state index contributed by atoms with van der Waals surface area (Å²) in [7, 11) is 0. The highest BCUT2D eigenvalue weighted by molar-refractivity contribution is 6.30. The van der Waals surface area contributed by atoms with Gasteiger partial charge in [-0.05, 0) is 31.5 Å². The van der Waals surface area contributed by atoms with Gasteiger partial charge in [-0.1, -0.05) is 11.6 Å². The fourth-order valence-electron chi connectivity index (χ4n) is 2.64. The first-order valence-electron chi connectivity index (χ1n) is 7.26. The lowest BCUT2D eigenvalue weighted by molar-refractivity contribution is -0.0180. The predicted octanol–water partition coefficient (Wildman–Crippen LogP) is 3.13. The van der Waals surface area contributed by atoms with Crippen molar-refractivity contribution >= 4 is 17.6 Å². The molecule has 0 unspecified atom stereocenters. The number of halogens is 1. The molecule has 0 saturated heterocycles. The highest BCUT2D eigenvalue weighted by Crippen LogP contribution is 2.32. The van der Waals surface area contributed by atoms with Gasteiger partial charge in [-0.3, -0.25) is 0 Å². The fraction of sp³-hybridized carbons (Fsp3) is 0.294. The monoisotopic (exact) mass is 350 g/mol. The molecule has 3 rings (SSSR count). The molecule has 0 bridgehead atoms. The molecule has 0 N–H and O–H groups in total. The second-order valence-electron chi connectivity index (χ2n) is 5.42. The number of hydrogen-bond acceptors (Lipinski definition) is 6. The molecule has 2 heterocycles. The molecule has 0 amide bonds. The average Bonchev–Trinajstić information content (AvgIpc) is 2.51. The smallest absolute Gasteiger partial charge is 0.342 e. The lowest BCUT2D eigenvalue weighted by Gasteiger charge is -2.21. The van der Waals surface area contributed by atoms with Crippen LogP contribution in [0.1, 0.15) is 32.8 Å². The number of carbonyl (C=O) groups excluding carboxylic acids is 1. The van der Waals surface area contributed by atoms with E-state index in [-0.39, 0.29) is 24.7 Å². The maximum Gasteiger partial charge on any atom is 0.342 e.